The number of fused-ring (bicyclic) bond motifs is 2. The quantitative estimate of drug-likeness (QED) is 0.748. The van der Waals surface area contributed by atoms with Crippen LogP contribution in [0, 0.1) is 0 Å². The number of hydrogen-bond acceptors (Lipinski definition) is 4. The van der Waals surface area contributed by atoms with E-state index in [0.29, 0.717) is 31.1 Å². The highest BCUT2D eigenvalue weighted by atomic mass is 16.5. The van der Waals surface area contributed by atoms with Crippen LogP contribution >= 0.6 is 0 Å². The van der Waals surface area contributed by atoms with Crippen molar-refractivity contribution in [2.24, 2.45) is 0 Å². The van der Waals surface area contributed by atoms with Gasteiger partial charge in [0.05, 0.1) is 14.2 Å². The van der Waals surface area contributed by atoms with E-state index in [1.165, 1.54) is 5.56 Å². The molecule has 0 bridgehead atoms. The fraction of sp³-hybridized carbons (Fsp3) is 0.391. The Bertz CT molecular complexity index is 940. The van der Waals surface area contributed by atoms with Crippen molar-refractivity contribution in [3.8, 4) is 11.5 Å². The minimum atomic E-state index is -0.126. The highest BCUT2D eigenvalue weighted by Crippen LogP contribution is 2.33. The van der Waals surface area contributed by atoms with Gasteiger partial charge in [-0.1, -0.05) is 18.2 Å². The lowest BCUT2D eigenvalue weighted by atomic mass is 9.98. The van der Waals surface area contributed by atoms with Crippen LogP contribution in [0.5, 0.6) is 11.5 Å². The van der Waals surface area contributed by atoms with Gasteiger partial charge in [-0.2, -0.15) is 0 Å². The van der Waals surface area contributed by atoms with Crippen molar-refractivity contribution in [2.75, 3.05) is 32.2 Å². The highest BCUT2D eigenvalue weighted by molar-refractivity contribution is 6.05. The third-order valence-electron chi connectivity index (χ3n) is 5.78. The zero-order chi connectivity index (χ0) is 20.4. The van der Waals surface area contributed by atoms with Crippen LogP contribution < -0.4 is 14.4 Å². The van der Waals surface area contributed by atoms with Crippen LogP contribution in [0.3, 0.4) is 0 Å². The predicted octanol–water partition coefficient (Wildman–Crippen LogP) is 2.96. The van der Waals surface area contributed by atoms with Gasteiger partial charge in [0.25, 0.3) is 0 Å². The van der Waals surface area contributed by atoms with Gasteiger partial charge in [0.1, 0.15) is 6.42 Å². The van der Waals surface area contributed by atoms with E-state index in [9.17, 15) is 9.59 Å². The molecule has 4 rings (SSSR count). The molecule has 0 N–H and O–H groups in total. The van der Waals surface area contributed by atoms with Gasteiger partial charge in [0, 0.05) is 25.3 Å². The summed E-state index contributed by atoms with van der Waals surface area (Å²) in [6.45, 7) is 1.76. The third-order valence-corrected chi connectivity index (χ3v) is 5.78. The molecule has 152 valence electrons. The molecule has 2 amide bonds. The van der Waals surface area contributed by atoms with Gasteiger partial charge in [-0.25, -0.2) is 0 Å². The van der Waals surface area contributed by atoms with Gasteiger partial charge in [-0.3, -0.25) is 9.59 Å². The van der Waals surface area contributed by atoms with Crippen LogP contribution in [-0.2, 0) is 29.0 Å². The Morgan fingerprint density at radius 1 is 0.897 bits per heavy atom. The molecule has 0 radical (unpaired) electrons. The molecule has 0 saturated carbocycles. The molecule has 0 saturated heterocycles. The topological polar surface area (TPSA) is 59.1 Å². The molecule has 2 aromatic rings. The number of rotatable bonds is 4. The van der Waals surface area contributed by atoms with Gasteiger partial charge < -0.3 is 19.3 Å². The first-order valence-corrected chi connectivity index (χ1v) is 10.0. The summed E-state index contributed by atoms with van der Waals surface area (Å²) in [6, 6.07) is 11.9. The summed E-state index contributed by atoms with van der Waals surface area (Å²) in [5.41, 5.74) is 4.31. The van der Waals surface area contributed by atoms with E-state index in [2.05, 4.69) is 6.07 Å². The molecule has 0 aliphatic carbocycles. The van der Waals surface area contributed by atoms with Crippen molar-refractivity contribution in [1.29, 1.82) is 0 Å². The van der Waals surface area contributed by atoms with Crippen molar-refractivity contribution in [3.63, 3.8) is 0 Å². The van der Waals surface area contributed by atoms with E-state index in [1.807, 2.05) is 30.3 Å². The summed E-state index contributed by atoms with van der Waals surface area (Å²) in [7, 11) is 3.22. The molecule has 2 aromatic carbocycles. The Morgan fingerprint density at radius 2 is 1.62 bits per heavy atom. The van der Waals surface area contributed by atoms with E-state index >= 15 is 0 Å². The third kappa shape index (κ3) is 3.79. The Hall–Kier alpha value is -3.02. The molecule has 2 heterocycles. The van der Waals surface area contributed by atoms with Crippen LogP contribution in [0.15, 0.2) is 36.4 Å². The highest BCUT2D eigenvalue weighted by Gasteiger charge is 2.28. The second kappa shape index (κ2) is 8.15. The second-order valence-electron chi connectivity index (χ2n) is 7.50. The lowest BCUT2D eigenvalue weighted by molar-refractivity contribution is -0.136. The van der Waals surface area contributed by atoms with Crippen LogP contribution in [0.1, 0.15) is 29.5 Å². The first-order valence-electron chi connectivity index (χ1n) is 10.0. The Balaban J connectivity index is 1.46. The van der Waals surface area contributed by atoms with E-state index in [0.717, 1.165) is 36.1 Å². The minimum Gasteiger partial charge on any atom is -0.493 e. The lowest BCUT2D eigenvalue weighted by Crippen LogP contribution is -2.41. The number of methoxy groups -OCH3 is 2. The summed E-state index contributed by atoms with van der Waals surface area (Å²) < 4.78 is 10.8. The number of hydrogen-bond donors (Lipinski definition) is 0. The van der Waals surface area contributed by atoms with Gasteiger partial charge in [0.2, 0.25) is 11.8 Å². The van der Waals surface area contributed by atoms with Crippen molar-refractivity contribution < 1.29 is 19.1 Å². The first-order chi connectivity index (χ1) is 14.1. The van der Waals surface area contributed by atoms with Gasteiger partial charge in [0.15, 0.2) is 11.5 Å². The van der Waals surface area contributed by atoms with Crippen LogP contribution in [-0.4, -0.2) is 44.0 Å². The number of benzene rings is 2. The molecule has 2 aliphatic heterocycles. The van der Waals surface area contributed by atoms with Gasteiger partial charge in [-0.05, 0) is 54.2 Å². The number of nitrogens with zero attached hydrogens (tertiary/aromatic N) is 2. The number of carbonyl (C=O) groups is 2. The number of anilines is 1. The van der Waals surface area contributed by atoms with Crippen molar-refractivity contribution in [1.82, 2.24) is 4.90 Å². The maximum atomic E-state index is 12.9. The van der Waals surface area contributed by atoms with E-state index in [-0.39, 0.29) is 18.2 Å². The smallest absolute Gasteiger partial charge is 0.236 e. The van der Waals surface area contributed by atoms with E-state index < -0.39 is 0 Å². The average Bonchev–Trinajstić information content (AvgIpc) is 2.77. The zero-order valence-corrected chi connectivity index (χ0v) is 16.9. The number of ether oxygens (including phenoxy) is 2. The fourth-order valence-electron chi connectivity index (χ4n) is 4.23. The number of carbonyl (C=O) groups excluding carboxylic acids is 2. The number of amides is 2. The summed E-state index contributed by atoms with van der Waals surface area (Å²) in [5.74, 6) is 1.10. The summed E-state index contributed by atoms with van der Waals surface area (Å²) in [5, 5.41) is 0. The lowest BCUT2D eigenvalue weighted by Gasteiger charge is -2.32. The molecule has 29 heavy (non-hydrogen) atoms. The SMILES string of the molecule is COc1cc2c(cc1OC)CN(C(=O)CC(=O)N1CCCc3ccccc31)CC2. The van der Waals surface area contributed by atoms with Crippen LogP contribution in [0.25, 0.3) is 0 Å². The van der Waals surface area contributed by atoms with Gasteiger partial charge >= 0.3 is 0 Å². The number of para-hydroxylation sites is 1. The van der Waals surface area contributed by atoms with Crippen molar-refractivity contribution in [2.45, 2.75) is 32.2 Å². The van der Waals surface area contributed by atoms with Crippen LogP contribution in [0.2, 0.25) is 0 Å². The Labute approximate surface area is 171 Å². The standard InChI is InChI=1S/C23H26N2O4/c1-28-20-12-17-9-11-24(15-18(17)13-21(20)29-2)22(26)14-23(27)25-10-5-7-16-6-3-4-8-19(16)25/h3-4,6,8,12-13H,5,7,9-11,14-15H2,1-2H3. The van der Waals surface area contributed by atoms with E-state index in [4.69, 9.17) is 9.47 Å². The van der Waals surface area contributed by atoms with Crippen molar-refractivity contribution >= 4 is 17.5 Å². The van der Waals surface area contributed by atoms with Crippen molar-refractivity contribution in [3.05, 3.63) is 53.1 Å². The zero-order valence-electron chi connectivity index (χ0n) is 16.9. The maximum absolute atomic E-state index is 12.9. The van der Waals surface area contributed by atoms with Gasteiger partial charge in [-0.15, -0.1) is 0 Å². The molecule has 0 aromatic heterocycles. The molecule has 0 fully saturated rings. The normalized spacial score (nSPS) is 15.4. The second-order valence-corrected chi connectivity index (χ2v) is 7.50. The first kappa shape index (κ1) is 19.3. The van der Waals surface area contributed by atoms with Crippen LogP contribution in [0.4, 0.5) is 5.69 Å². The average molecular weight is 394 g/mol. The number of aryl methyl sites for hydroxylation is 1. The maximum Gasteiger partial charge on any atom is 0.236 e. The summed E-state index contributed by atoms with van der Waals surface area (Å²) in [4.78, 5) is 29.3. The predicted molar refractivity (Wildman–Crippen MR) is 110 cm³/mol. The molecule has 6 heteroatoms. The summed E-state index contributed by atoms with van der Waals surface area (Å²) >= 11 is 0. The molecule has 0 atom stereocenters. The Morgan fingerprint density at radius 3 is 2.38 bits per heavy atom. The van der Waals surface area contributed by atoms with E-state index in [1.54, 1.807) is 24.0 Å². The molecular weight excluding hydrogens is 368 g/mol. The molecular formula is C23H26N2O4. The molecule has 0 unspecified atom stereocenters. The minimum absolute atomic E-state index is 0.100. The molecule has 2 aliphatic rings. The monoisotopic (exact) mass is 394 g/mol. The largest absolute Gasteiger partial charge is 0.493 e. The Kier molecular flexibility index (Phi) is 5.43. The molecule has 0 spiro atoms. The summed E-state index contributed by atoms with van der Waals surface area (Å²) in [6.07, 6.45) is 2.54. The molecule has 6 nitrogen and oxygen atoms in total. The fourth-order valence-corrected chi connectivity index (χ4v) is 4.23.